The summed E-state index contributed by atoms with van der Waals surface area (Å²) < 4.78 is 0. The number of carbonyl (C=O) groups excluding carboxylic acids is 1. The van der Waals surface area contributed by atoms with Crippen molar-refractivity contribution < 1.29 is 14.7 Å². The van der Waals surface area contributed by atoms with E-state index in [1.165, 1.54) is 11.1 Å². The van der Waals surface area contributed by atoms with Crippen molar-refractivity contribution in [2.24, 2.45) is 0 Å². The van der Waals surface area contributed by atoms with Crippen LogP contribution in [0.3, 0.4) is 0 Å². The first-order valence-electron chi connectivity index (χ1n) is 5.73. The van der Waals surface area contributed by atoms with Crippen molar-refractivity contribution in [3.05, 3.63) is 24.0 Å². The molecule has 18 heavy (non-hydrogen) atoms. The molecule has 0 aliphatic rings. The summed E-state index contributed by atoms with van der Waals surface area (Å²) in [4.78, 5) is 27.9. The van der Waals surface area contributed by atoms with Gasteiger partial charge in [-0.1, -0.05) is 6.92 Å². The third-order valence-electron chi connectivity index (χ3n) is 2.35. The van der Waals surface area contributed by atoms with Crippen LogP contribution in [-0.4, -0.2) is 40.0 Å². The van der Waals surface area contributed by atoms with E-state index in [2.05, 4.69) is 4.98 Å². The molecule has 0 saturated carbocycles. The van der Waals surface area contributed by atoms with Crippen LogP contribution in [0.5, 0.6) is 0 Å². The number of aliphatic carboxylic acids is 1. The molecule has 98 valence electrons. The molecule has 0 aromatic carbocycles. The van der Waals surface area contributed by atoms with Crippen LogP contribution in [0.2, 0.25) is 0 Å². The number of aromatic nitrogens is 1. The Balaban J connectivity index is 2.65. The van der Waals surface area contributed by atoms with E-state index in [1.54, 1.807) is 12.1 Å². The fourth-order valence-electron chi connectivity index (χ4n) is 1.53. The first-order chi connectivity index (χ1) is 8.52. The molecule has 0 atom stereocenters. The molecule has 1 aromatic rings. The minimum absolute atomic E-state index is 0.0908. The fraction of sp³-hybridized carbons (Fsp3) is 0.417. The molecule has 0 spiro atoms. The lowest BCUT2D eigenvalue weighted by molar-refractivity contribution is -0.144. The second-order valence-electron chi connectivity index (χ2n) is 3.97. The summed E-state index contributed by atoms with van der Waals surface area (Å²) in [6.07, 6.45) is 2.28. The molecular formula is C12H17N3O3. The van der Waals surface area contributed by atoms with Gasteiger partial charge in [0.15, 0.2) is 0 Å². The summed E-state index contributed by atoms with van der Waals surface area (Å²) in [5.74, 6) is -1.25. The number of hydrogen-bond donors (Lipinski definition) is 2. The SMILES string of the molecule is CCCN(CC(=O)O)C(=O)Cc1ccc(N)cn1. The van der Waals surface area contributed by atoms with Crippen molar-refractivity contribution in [3.63, 3.8) is 0 Å². The molecule has 3 N–H and O–H groups in total. The molecular weight excluding hydrogens is 234 g/mol. The van der Waals surface area contributed by atoms with Gasteiger partial charge >= 0.3 is 5.97 Å². The van der Waals surface area contributed by atoms with Crippen molar-refractivity contribution in [1.29, 1.82) is 0 Å². The van der Waals surface area contributed by atoms with Crippen LogP contribution in [0, 0.1) is 0 Å². The van der Waals surface area contributed by atoms with E-state index < -0.39 is 5.97 Å². The minimum Gasteiger partial charge on any atom is -0.480 e. The van der Waals surface area contributed by atoms with Gasteiger partial charge in [-0.05, 0) is 18.6 Å². The maximum atomic E-state index is 11.9. The number of rotatable bonds is 6. The van der Waals surface area contributed by atoms with Gasteiger partial charge in [-0.25, -0.2) is 0 Å². The highest BCUT2D eigenvalue weighted by molar-refractivity contribution is 5.82. The van der Waals surface area contributed by atoms with Crippen LogP contribution in [0.25, 0.3) is 0 Å². The molecule has 0 bridgehead atoms. The van der Waals surface area contributed by atoms with Gasteiger partial charge in [0.1, 0.15) is 6.54 Å². The van der Waals surface area contributed by atoms with E-state index in [0.717, 1.165) is 0 Å². The van der Waals surface area contributed by atoms with Crippen LogP contribution in [0.15, 0.2) is 18.3 Å². The summed E-state index contributed by atoms with van der Waals surface area (Å²) in [5, 5.41) is 8.74. The molecule has 0 fully saturated rings. The number of hydrogen-bond acceptors (Lipinski definition) is 4. The lowest BCUT2D eigenvalue weighted by atomic mass is 10.2. The average Bonchev–Trinajstić information content (AvgIpc) is 2.31. The monoisotopic (exact) mass is 251 g/mol. The number of carboxylic acids is 1. The summed E-state index contributed by atoms with van der Waals surface area (Å²) in [7, 11) is 0. The summed E-state index contributed by atoms with van der Waals surface area (Å²) >= 11 is 0. The van der Waals surface area contributed by atoms with Crippen LogP contribution in [-0.2, 0) is 16.0 Å². The normalized spacial score (nSPS) is 10.1. The van der Waals surface area contributed by atoms with Crippen LogP contribution < -0.4 is 5.73 Å². The molecule has 0 saturated heterocycles. The molecule has 0 aliphatic heterocycles. The second kappa shape index (κ2) is 6.58. The molecule has 1 amide bonds. The largest absolute Gasteiger partial charge is 0.480 e. The Bertz CT molecular complexity index is 417. The molecule has 0 unspecified atom stereocenters. The number of anilines is 1. The molecule has 1 rings (SSSR count). The van der Waals surface area contributed by atoms with Gasteiger partial charge in [-0.3, -0.25) is 14.6 Å². The lowest BCUT2D eigenvalue weighted by Crippen LogP contribution is -2.37. The van der Waals surface area contributed by atoms with Gasteiger partial charge in [-0.2, -0.15) is 0 Å². The third kappa shape index (κ3) is 4.40. The first kappa shape index (κ1) is 14.0. The van der Waals surface area contributed by atoms with Crippen LogP contribution >= 0.6 is 0 Å². The Hall–Kier alpha value is -2.11. The number of carboxylic acid groups (broad SMARTS) is 1. The van der Waals surface area contributed by atoms with Gasteiger partial charge in [0, 0.05) is 12.2 Å². The summed E-state index contributed by atoms with van der Waals surface area (Å²) in [6, 6.07) is 3.33. The smallest absolute Gasteiger partial charge is 0.323 e. The van der Waals surface area contributed by atoms with E-state index in [0.29, 0.717) is 24.3 Å². The zero-order chi connectivity index (χ0) is 13.5. The number of carbonyl (C=O) groups is 2. The highest BCUT2D eigenvalue weighted by Gasteiger charge is 2.16. The summed E-state index contributed by atoms with van der Waals surface area (Å²) in [6.45, 7) is 2.05. The Labute approximate surface area is 105 Å². The minimum atomic E-state index is -1.01. The number of nitrogen functional groups attached to an aromatic ring is 1. The number of pyridine rings is 1. The fourth-order valence-corrected chi connectivity index (χ4v) is 1.53. The Kier molecular flexibility index (Phi) is 5.10. The van der Waals surface area contributed by atoms with Gasteiger partial charge in [0.25, 0.3) is 0 Å². The lowest BCUT2D eigenvalue weighted by Gasteiger charge is -2.19. The number of nitrogens with two attached hydrogens (primary N) is 1. The molecule has 0 aliphatic carbocycles. The van der Waals surface area contributed by atoms with Gasteiger partial charge in [0.2, 0.25) is 5.91 Å². The van der Waals surface area contributed by atoms with E-state index in [1.807, 2.05) is 6.92 Å². The third-order valence-corrected chi connectivity index (χ3v) is 2.35. The molecule has 0 radical (unpaired) electrons. The molecule has 6 nitrogen and oxygen atoms in total. The van der Waals surface area contributed by atoms with Gasteiger partial charge in [-0.15, -0.1) is 0 Å². The zero-order valence-electron chi connectivity index (χ0n) is 10.3. The van der Waals surface area contributed by atoms with E-state index in [-0.39, 0.29) is 18.9 Å². The van der Waals surface area contributed by atoms with Crippen molar-refractivity contribution in [2.75, 3.05) is 18.8 Å². The Morgan fingerprint density at radius 2 is 2.17 bits per heavy atom. The van der Waals surface area contributed by atoms with Crippen molar-refractivity contribution in [3.8, 4) is 0 Å². The van der Waals surface area contributed by atoms with Gasteiger partial charge in [0.05, 0.1) is 18.3 Å². The van der Waals surface area contributed by atoms with Crippen LogP contribution in [0.4, 0.5) is 5.69 Å². The van der Waals surface area contributed by atoms with Crippen molar-refractivity contribution in [1.82, 2.24) is 9.88 Å². The molecule has 1 aromatic heterocycles. The topological polar surface area (TPSA) is 96.5 Å². The summed E-state index contributed by atoms with van der Waals surface area (Å²) in [5.41, 5.74) is 6.61. The van der Waals surface area contributed by atoms with Gasteiger partial charge < -0.3 is 15.7 Å². The van der Waals surface area contributed by atoms with Crippen molar-refractivity contribution in [2.45, 2.75) is 19.8 Å². The zero-order valence-corrected chi connectivity index (χ0v) is 10.3. The van der Waals surface area contributed by atoms with E-state index in [4.69, 9.17) is 10.8 Å². The molecule has 6 heteroatoms. The average molecular weight is 251 g/mol. The Morgan fingerprint density at radius 1 is 1.44 bits per heavy atom. The molecule has 1 heterocycles. The standard InChI is InChI=1S/C12H17N3O3/c1-2-5-15(8-12(17)18)11(16)6-10-4-3-9(13)7-14-10/h3-4,7H,2,5-6,8,13H2,1H3,(H,17,18). The van der Waals surface area contributed by atoms with Crippen molar-refractivity contribution >= 4 is 17.6 Å². The highest BCUT2D eigenvalue weighted by atomic mass is 16.4. The maximum absolute atomic E-state index is 11.9. The van der Waals surface area contributed by atoms with Crippen LogP contribution in [0.1, 0.15) is 19.0 Å². The quantitative estimate of drug-likeness (QED) is 0.768. The number of nitrogens with zero attached hydrogens (tertiary/aromatic N) is 2. The predicted molar refractivity (Wildman–Crippen MR) is 66.9 cm³/mol. The van der Waals surface area contributed by atoms with E-state index in [9.17, 15) is 9.59 Å². The highest BCUT2D eigenvalue weighted by Crippen LogP contribution is 2.04. The second-order valence-corrected chi connectivity index (χ2v) is 3.97. The maximum Gasteiger partial charge on any atom is 0.323 e. The first-order valence-corrected chi connectivity index (χ1v) is 5.73. The Morgan fingerprint density at radius 3 is 2.67 bits per heavy atom. The number of amides is 1. The van der Waals surface area contributed by atoms with E-state index >= 15 is 0 Å². The predicted octanol–water partition coefficient (Wildman–Crippen LogP) is 0.529.